The van der Waals surface area contributed by atoms with Crippen LogP contribution in [0.3, 0.4) is 0 Å². The van der Waals surface area contributed by atoms with E-state index in [1.165, 1.54) is 0 Å². The third kappa shape index (κ3) is 3.49. The minimum absolute atomic E-state index is 0.0509. The molecule has 0 bridgehead atoms. The number of amides is 1. The summed E-state index contributed by atoms with van der Waals surface area (Å²) in [5, 5.41) is 6.38. The molecule has 0 aliphatic carbocycles. The standard InChI is InChI=1S/C24H27N5O/c1-6-9-15-13-25-23(30)17-12-19(27-20(15)17)16-10-8-11-18-21(16)28-22(14(3)26-18)29-24(4,5)7-2/h6-8,10-12,15,27H,1-2,9,13H2,3-5H3,(H,25,30)(H,28,29)/t15-/m0/s1. The minimum Gasteiger partial charge on any atom is -0.360 e. The van der Waals surface area contributed by atoms with Gasteiger partial charge >= 0.3 is 0 Å². The van der Waals surface area contributed by atoms with Crippen molar-refractivity contribution in [3.63, 3.8) is 0 Å². The SMILES string of the molecule is C=CC[C@H]1CNC(=O)c2cc(-c3cccc4nc(C)c(NC(C)(C)C=C)nc34)[nH]c21. The molecule has 0 spiro atoms. The van der Waals surface area contributed by atoms with Crippen LogP contribution in [-0.2, 0) is 0 Å². The van der Waals surface area contributed by atoms with Crippen molar-refractivity contribution in [3.8, 4) is 11.3 Å². The van der Waals surface area contributed by atoms with Crippen molar-refractivity contribution < 1.29 is 4.79 Å². The first-order valence-electron chi connectivity index (χ1n) is 10.1. The van der Waals surface area contributed by atoms with E-state index in [0.717, 1.165) is 45.9 Å². The molecule has 1 aliphatic heterocycles. The van der Waals surface area contributed by atoms with Crippen LogP contribution in [0.2, 0.25) is 0 Å². The highest BCUT2D eigenvalue weighted by molar-refractivity contribution is 6.00. The number of H-pyrrole nitrogens is 1. The van der Waals surface area contributed by atoms with Crippen molar-refractivity contribution in [3.05, 3.63) is 66.5 Å². The Balaban J connectivity index is 1.85. The van der Waals surface area contributed by atoms with Gasteiger partial charge in [-0.1, -0.05) is 24.3 Å². The Morgan fingerprint density at radius 1 is 1.27 bits per heavy atom. The lowest BCUT2D eigenvalue weighted by Crippen LogP contribution is -2.34. The van der Waals surface area contributed by atoms with Gasteiger partial charge in [0.15, 0.2) is 0 Å². The predicted octanol–water partition coefficient (Wildman–Crippen LogP) is 4.71. The van der Waals surface area contributed by atoms with Crippen molar-refractivity contribution in [1.82, 2.24) is 20.3 Å². The van der Waals surface area contributed by atoms with Crippen molar-refractivity contribution >= 4 is 22.8 Å². The molecule has 0 radical (unpaired) electrons. The summed E-state index contributed by atoms with van der Waals surface area (Å²) in [5.41, 5.74) is 5.52. The molecular weight excluding hydrogens is 374 g/mol. The highest BCUT2D eigenvalue weighted by Crippen LogP contribution is 2.34. The minimum atomic E-state index is -0.316. The molecule has 30 heavy (non-hydrogen) atoms. The van der Waals surface area contributed by atoms with Crippen LogP contribution in [0.1, 0.15) is 47.9 Å². The zero-order valence-electron chi connectivity index (χ0n) is 17.7. The molecule has 3 heterocycles. The van der Waals surface area contributed by atoms with Crippen LogP contribution in [0, 0.1) is 6.92 Å². The summed E-state index contributed by atoms with van der Waals surface area (Å²) in [6.07, 6.45) is 4.53. The van der Waals surface area contributed by atoms with Gasteiger partial charge in [0.05, 0.1) is 22.3 Å². The van der Waals surface area contributed by atoms with E-state index < -0.39 is 0 Å². The third-order valence-electron chi connectivity index (χ3n) is 5.57. The lowest BCUT2D eigenvalue weighted by atomic mass is 9.94. The Morgan fingerprint density at radius 3 is 2.80 bits per heavy atom. The number of nitrogens with zero attached hydrogens (tertiary/aromatic N) is 2. The van der Waals surface area contributed by atoms with Gasteiger partial charge in [-0.05, 0) is 39.3 Å². The first kappa shape index (κ1) is 19.9. The number of carbonyl (C=O) groups is 1. The number of allylic oxidation sites excluding steroid dienone is 1. The van der Waals surface area contributed by atoms with Gasteiger partial charge in [0, 0.05) is 29.4 Å². The Hall–Kier alpha value is -3.41. The summed E-state index contributed by atoms with van der Waals surface area (Å²) in [6, 6.07) is 7.84. The van der Waals surface area contributed by atoms with Crippen LogP contribution in [-0.4, -0.2) is 32.9 Å². The van der Waals surface area contributed by atoms with Gasteiger partial charge in [0.1, 0.15) is 11.3 Å². The normalized spacial score (nSPS) is 16.1. The first-order valence-corrected chi connectivity index (χ1v) is 10.1. The molecule has 3 N–H and O–H groups in total. The summed E-state index contributed by atoms with van der Waals surface area (Å²) >= 11 is 0. The maximum Gasteiger partial charge on any atom is 0.253 e. The summed E-state index contributed by atoms with van der Waals surface area (Å²) < 4.78 is 0. The largest absolute Gasteiger partial charge is 0.360 e. The average Bonchev–Trinajstić information content (AvgIpc) is 3.16. The summed E-state index contributed by atoms with van der Waals surface area (Å²) in [6.45, 7) is 14.4. The van der Waals surface area contributed by atoms with Gasteiger partial charge in [0.25, 0.3) is 5.91 Å². The number of aryl methyl sites for hydroxylation is 1. The Bertz CT molecular complexity index is 1160. The maximum atomic E-state index is 12.4. The van der Waals surface area contributed by atoms with E-state index in [1.807, 2.05) is 57.2 Å². The number of benzene rings is 1. The number of para-hydroxylation sites is 1. The van der Waals surface area contributed by atoms with E-state index in [1.54, 1.807) is 0 Å². The average molecular weight is 402 g/mol. The monoisotopic (exact) mass is 401 g/mol. The Morgan fingerprint density at radius 2 is 2.07 bits per heavy atom. The number of nitrogens with one attached hydrogen (secondary N) is 3. The molecule has 3 aromatic rings. The molecule has 0 saturated heterocycles. The fourth-order valence-electron chi connectivity index (χ4n) is 3.80. The lowest BCUT2D eigenvalue weighted by molar-refractivity contribution is 0.0940. The van der Waals surface area contributed by atoms with E-state index in [2.05, 4.69) is 28.8 Å². The second kappa shape index (κ2) is 7.44. The van der Waals surface area contributed by atoms with Crippen LogP contribution in [0.4, 0.5) is 5.82 Å². The van der Waals surface area contributed by atoms with Crippen molar-refractivity contribution in [2.45, 2.75) is 38.6 Å². The molecule has 1 atom stereocenters. The molecule has 1 amide bonds. The molecule has 1 aliphatic rings. The second-order valence-corrected chi connectivity index (χ2v) is 8.32. The van der Waals surface area contributed by atoms with Gasteiger partial charge in [-0.3, -0.25) is 4.79 Å². The van der Waals surface area contributed by atoms with Gasteiger partial charge in [-0.25, -0.2) is 9.97 Å². The van der Waals surface area contributed by atoms with E-state index in [0.29, 0.717) is 12.1 Å². The predicted molar refractivity (Wildman–Crippen MR) is 122 cm³/mol. The van der Waals surface area contributed by atoms with Gasteiger partial charge in [-0.15, -0.1) is 13.2 Å². The van der Waals surface area contributed by atoms with Crippen molar-refractivity contribution in [2.24, 2.45) is 0 Å². The number of hydrogen-bond acceptors (Lipinski definition) is 4. The topological polar surface area (TPSA) is 82.7 Å². The fraction of sp³-hybridized carbons (Fsp3) is 0.292. The van der Waals surface area contributed by atoms with Crippen LogP contribution >= 0.6 is 0 Å². The van der Waals surface area contributed by atoms with Gasteiger partial charge < -0.3 is 15.6 Å². The number of aromatic amines is 1. The quantitative estimate of drug-likeness (QED) is 0.522. The number of anilines is 1. The zero-order chi connectivity index (χ0) is 21.5. The zero-order valence-corrected chi connectivity index (χ0v) is 17.7. The number of rotatable bonds is 6. The molecule has 0 unspecified atom stereocenters. The summed E-state index contributed by atoms with van der Waals surface area (Å²) in [7, 11) is 0. The molecule has 2 aromatic heterocycles. The molecule has 154 valence electrons. The Kier molecular flexibility index (Phi) is 4.94. The third-order valence-corrected chi connectivity index (χ3v) is 5.57. The highest BCUT2D eigenvalue weighted by atomic mass is 16.1. The first-order chi connectivity index (χ1) is 14.3. The fourth-order valence-corrected chi connectivity index (χ4v) is 3.80. The van der Waals surface area contributed by atoms with Gasteiger partial charge in [-0.2, -0.15) is 0 Å². The van der Waals surface area contributed by atoms with Crippen LogP contribution in [0.15, 0.2) is 49.6 Å². The smallest absolute Gasteiger partial charge is 0.253 e. The van der Waals surface area contributed by atoms with Crippen LogP contribution in [0.5, 0.6) is 0 Å². The summed E-state index contributed by atoms with van der Waals surface area (Å²) in [5.74, 6) is 0.862. The van der Waals surface area contributed by atoms with E-state index in [-0.39, 0.29) is 17.4 Å². The van der Waals surface area contributed by atoms with Crippen LogP contribution < -0.4 is 10.6 Å². The van der Waals surface area contributed by atoms with E-state index in [4.69, 9.17) is 9.97 Å². The van der Waals surface area contributed by atoms with Crippen molar-refractivity contribution in [2.75, 3.05) is 11.9 Å². The lowest BCUT2D eigenvalue weighted by Gasteiger charge is -2.23. The molecule has 0 saturated carbocycles. The number of fused-ring (bicyclic) bond motifs is 2. The number of carbonyl (C=O) groups excluding carboxylic acids is 1. The molecule has 0 fully saturated rings. The molecule has 6 nitrogen and oxygen atoms in total. The highest BCUT2D eigenvalue weighted by Gasteiger charge is 2.28. The Labute approximate surface area is 176 Å². The second-order valence-electron chi connectivity index (χ2n) is 8.32. The van der Waals surface area contributed by atoms with E-state index in [9.17, 15) is 4.79 Å². The molecule has 1 aromatic carbocycles. The van der Waals surface area contributed by atoms with E-state index >= 15 is 0 Å². The molecule has 4 rings (SSSR count). The number of hydrogen-bond donors (Lipinski definition) is 3. The maximum absolute atomic E-state index is 12.4. The molecule has 6 heteroatoms. The number of aromatic nitrogens is 3. The molecular formula is C24H27N5O. The van der Waals surface area contributed by atoms with Gasteiger partial charge in [0.2, 0.25) is 0 Å². The van der Waals surface area contributed by atoms with Crippen LogP contribution in [0.25, 0.3) is 22.3 Å². The summed E-state index contributed by atoms with van der Waals surface area (Å²) in [4.78, 5) is 25.6. The van der Waals surface area contributed by atoms with Crippen molar-refractivity contribution in [1.29, 1.82) is 0 Å².